The molecule has 6 bridgehead atoms. The molecule has 7 aliphatic carbocycles. The number of fused-ring (bicyclic) bond motifs is 3. The van der Waals surface area contributed by atoms with Crippen LogP contribution in [0.1, 0.15) is 284 Å². The molecule has 1 amide bonds. The van der Waals surface area contributed by atoms with E-state index < -0.39 is 54.5 Å². The lowest BCUT2D eigenvalue weighted by Crippen LogP contribution is -2.48. The molecule has 702 valence electrons. The lowest BCUT2D eigenvalue weighted by Gasteiger charge is -2.57. The molecular formula is C108H145NO20. The van der Waals surface area contributed by atoms with E-state index in [1.165, 1.54) is 56.1 Å². The normalized spacial score (nSPS) is 21.2. The summed E-state index contributed by atoms with van der Waals surface area (Å²) in [6.45, 7) is 26.3. The van der Waals surface area contributed by atoms with E-state index in [2.05, 4.69) is 69.4 Å². The molecule has 21 heteroatoms. The predicted molar refractivity (Wildman–Crippen MR) is 503 cm³/mol. The number of amides is 1. The van der Waals surface area contributed by atoms with Gasteiger partial charge in [0.25, 0.3) is 0 Å². The van der Waals surface area contributed by atoms with E-state index in [0.717, 1.165) is 150 Å². The largest absolute Gasteiger partial charge is 0.507 e. The van der Waals surface area contributed by atoms with Crippen LogP contribution in [-0.2, 0) is 96.3 Å². The van der Waals surface area contributed by atoms with Crippen LogP contribution in [-0.4, -0.2) is 108 Å². The van der Waals surface area contributed by atoms with Gasteiger partial charge in [0.15, 0.2) is 17.6 Å². The third-order valence-corrected chi connectivity index (χ3v) is 28.2. The van der Waals surface area contributed by atoms with E-state index in [9.17, 15) is 39.9 Å². The number of ether oxygens (including phenoxy) is 12. The van der Waals surface area contributed by atoms with Crippen molar-refractivity contribution in [2.45, 2.75) is 306 Å². The van der Waals surface area contributed by atoms with Crippen molar-refractivity contribution in [2.75, 3.05) is 47.0 Å². The van der Waals surface area contributed by atoms with Gasteiger partial charge in [-0.05, 0) is 280 Å². The maximum Gasteiger partial charge on any atom is 0.317 e. The predicted octanol–water partition coefficient (Wildman–Crippen LogP) is 22.3. The van der Waals surface area contributed by atoms with Crippen LogP contribution in [0.2, 0.25) is 0 Å². The molecule has 129 heavy (non-hydrogen) atoms. The summed E-state index contributed by atoms with van der Waals surface area (Å²) < 4.78 is 72.6. The first kappa shape index (κ1) is 100. The molecule has 0 aliphatic heterocycles. The van der Waals surface area contributed by atoms with Crippen molar-refractivity contribution in [3.8, 4) is 46.0 Å². The minimum Gasteiger partial charge on any atom is -0.507 e. The Morgan fingerprint density at radius 1 is 0.504 bits per heavy atom. The number of anilines is 1. The average Bonchev–Trinajstić information content (AvgIpc) is 1.67. The van der Waals surface area contributed by atoms with Crippen molar-refractivity contribution >= 4 is 34.3 Å². The number of hydrogen-bond acceptors (Lipinski definition) is 20. The molecule has 21 nitrogen and oxygen atoms in total. The molecule has 7 saturated carbocycles. The number of esters is 2. The van der Waals surface area contributed by atoms with Gasteiger partial charge in [-0.3, -0.25) is 14.4 Å². The van der Waals surface area contributed by atoms with Crippen LogP contribution < -0.4 is 38.5 Å². The number of hydrogen-bond donors (Lipinski definition) is 6. The second kappa shape index (κ2) is 45.2. The second-order valence-corrected chi connectivity index (χ2v) is 38.7. The molecule has 0 heterocycles. The Hall–Kier alpha value is -9.29. The summed E-state index contributed by atoms with van der Waals surface area (Å²) >= 11 is 0. The van der Waals surface area contributed by atoms with Crippen LogP contribution in [0.25, 0.3) is 10.8 Å². The number of aliphatic hydroxyl groups excluding tert-OH is 4. The van der Waals surface area contributed by atoms with E-state index >= 15 is 0 Å². The second-order valence-electron chi connectivity index (χ2n) is 38.7. The highest BCUT2D eigenvalue weighted by atomic mass is 16.6. The zero-order chi connectivity index (χ0) is 93.0. The fourth-order valence-electron chi connectivity index (χ4n) is 19.6. The summed E-state index contributed by atoms with van der Waals surface area (Å²) in [6.07, 6.45) is 18.9. The number of nitrogens with one attached hydrogen (secondary N) is 1. The monoisotopic (exact) mass is 1780 g/mol. The van der Waals surface area contributed by atoms with Crippen LogP contribution in [0.15, 0.2) is 140 Å². The quantitative estimate of drug-likeness (QED) is 0.0155. The Labute approximate surface area is 765 Å². The number of aliphatic hydroxyl groups is 4. The minimum atomic E-state index is -0.675. The molecule has 0 spiro atoms. The number of rotatable bonds is 38. The highest BCUT2D eigenvalue weighted by Crippen LogP contribution is 2.62. The Balaban J connectivity index is 0.000000175. The standard InChI is InChI=1S/C34H39NO8.C33H48O5.C29H40O6.C12H18O/c1-4-34(2,3)33(41)35-24-11-13-25(14-12-24)43-30(23-10-9-21-7-5-6-8-22(21)15-23)20-42-32-28(18-38)26(16-36)31(40)27(17-37)29(32)19-39;1-6-30(2,3)29(34)38-33-9-7-32(21-33,8-10-33)37-28-25(19-35-4)14-27(15-26(28)20-36-5)31-16-22-11-23(17-31)13-24(12-22)18-31;1-7-29(3,4)28(30)35-26-15-11-9-13-24(26)33-23-12-8-10-14-25(23)34-27-21(18-31-5)16-20(2)17-22(27)19-32-6;1-4-10(3)11-6-8-12(9-7-11)13-5-2/h5-15,30,36-40H,4,16-20H2,1-3H3,(H,35,41);14-15,22-24H,6-13,16-21H2,1-5H3;9,11,13,15-17,23,25H,7-8,10,12,14,18-19H2,1-6H3;6-10H,4-5H2,1-3H3. The first-order valence-electron chi connectivity index (χ1n) is 46.9. The first-order valence-corrected chi connectivity index (χ1v) is 46.9. The molecule has 6 N–H and O–H groups in total. The number of carbonyl (C=O) groups is 3. The van der Waals surface area contributed by atoms with Crippen molar-refractivity contribution in [1.82, 2.24) is 0 Å². The Bertz CT molecular complexity index is 4880. The molecule has 4 unspecified atom stereocenters. The van der Waals surface area contributed by atoms with E-state index in [0.29, 0.717) is 73.5 Å². The first-order chi connectivity index (χ1) is 61.8. The summed E-state index contributed by atoms with van der Waals surface area (Å²) in [5.74, 6) is 6.83. The molecule has 4 atom stereocenters. The fraction of sp³-hybridized carbons (Fsp3) is 0.546. The number of carbonyl (C=O) groups excluding carboxylic acids is 3. The molecule has 8 aromatic carbocycles. The fourth-order valence-corrected chi connectivity index (χ4v) is 19.6. The van der Waals surface area contributed by atoms with E-state index in [1.54, 1.807) is 58.8 Å². The zero-order valence-corrected chi connectivity index (χ0v) is 79.7. The molecule has 0 saturated heterocycles. The number of para-hydroxylation sites is 2. The third-order valence-electron chi connectivity index (χ3n) is 28.2. The summed E-state index contributed by atoms with van der Waals surface area (Å²) in [5.41, 5.74) is 8.09. The Morgan fingerprint density at radius 3 is 1.50 bits per heavy atom. The average molecular weight is 1780 g/mol. The highest BCUT2D eigenvalue weighted by molar-refractivity contribution is 5.94. The van der Waals surface area contributed by atoms with Gasteiger partial charge in [0.05, 0.1) is 70.3 Å². The van der Waals surface area contributed by atoms with Gasteiger partial charge < -0.3 is 87.7 Å². The van der Waals surface area contributed by atoms with Gasteiger partial charge in [-0.15, -0.1) is 0 Å². The topological polar surface area (TPSA) is 275 Å². The van der Waals surface area contributed by atoms with E-state index in [4.69, 9.17) is 56.8 Å². The smallest absolute Gasteiger partial charge is 0.317 e. The number of methoxy groups -OCH3 is 4. The molecule has 7 fully saturated rings. The van der Waals surface area contributed by atoms with Gasteiger partial charge in [0.1, 0.15) is 64.5 Å². The lowest BCUT2D eigenvalue weighted by atomic mass is 9.48. The summed E-state index contributed by atoms with van der Waals surface area (Å²) in [5, 5.41) is 55.6. The van der Waals surface area contributed by atoms with Crippen LogP contribution in [0.5, 0.6) is 46.0 Å². The van der Waals surface area contributed by atoms with Crippen molar-refractivity contribution in [2.24, 2.45) is 34.0 Å². The Morgan fingerprint density at radius 2 is 0.984 bits per heavy atom. The SMILES string of the molecule is CCC(C)(C)C(=O)Nc1ccc(OC(COc2c(CO)c(CO)c(O)c(CO)c2CO)c2ccc3ccccc3c2)cc1.CCC(C)(C)C(=O)OC12CCC(Oc3c(COC)cc(C45CC6CC(CC(C6)C4)C5)cc3COC)(CC1)C2.CCC(C)(C)C(=O)Oc1ccccc1OC1CCCCC1Oc1c(COC)cc(C)cc1COC.CCOc1ccc(C(C)CC)cc1. The highest BCUT2D eigenvalue weighted by Gasteiger charge is 2.60. The molecule has 0 aromatic heterocycles. The lowest BCUT2D eigenvalue weighted by molar-refractivity contribution is -0.170. The van der Waals surface area contributed by atoms with E-state index in [-0.39, 0.29) is 75.9 Å². The molecular weight excluding hydrogens is 1630 g/mol. The van der Waals surface area contributed by atoms with Crippen molar-refractivity contribution < 1.29 is 96.8 Å². The maximum absolute atomic E-state index is 13.0. The van der Waals surface area contributed by atoms with Gasteiger partial charge in [-0.1, -0.05) is 127 Å². The minimum absolute atomic E-state index is 0.00538. The van der Waals surface area contributed by atoms with Crippen LogP contribution in [0.4, 0.5) is 5.69 Å². The molecule has 8 aromatic rings. The van der Waals surface area contributed by atoms with Gasteiger partial charge >= 0.3 is 11.9 Å². The number of aromatic hydroxyl groups is 1. The van der Waals surface area contributed by atoms with Crippen molar-refractivity contribution in [3.63, 3.8) is 0 Å². The van der Waals surface area contributed by atoms with Gasteiger partial charge in [0.2, 0.25) is 5.91 Å². The summed E-state index contributed by atoms with van der Waals surface area (Å²) in [6, 6.07) is 45.6. The van der Waals surface area contributed by atoms with Gasteiger partial charge in [-0.25, -0.2) is 0 Å². The molecule has 0 radical (unpaired) electrons. The van der Waals surface area contributed by atoms with Crippen LogP contribution >= 0.6 is 0 Å². The van der Waals surface area contributed by atoms with E-state index in [1.807, 2.05) is 135 Å². The summed E-state index contributed by atoms with van der Waals surface area (Å²) in [4.78, 5) is 38.3. The van der Waals surface area contributed by atoms with Crippen molar-refractivity contribution in [3.05, 3.63) is 206 Å². The zero-order valence-electron chi connectivity index (χ0n) is 79.7. The maximum atomic E-state index is 13.0. The van der Waals surface area contributed by atoms with Gasteiger partial charge in [-0.2, -0.15) is 0 Å². The number of phenols is 1. The van der Waals surface area contributed by atoms with Crippen molar-refractivity contribution in [1.29, 1.82) is 0 Å². The van der Waals surface area contributed by atoms with Gasteiger partial charge in [0, 0.05) is 90.5 Å². The summed E-state index contributed by atoms with van der Waals surface area (Å²) in [7, 11) is 6.93. The molecule has 15 rings (SSSR count). The third kappa shape index (κ3) is 24.5. The number of benzene rings is 8. The number of aryl methyl sites for hydroxylation is 1. The van der Waals surface area contributed by atoms with Crippen LogP contribution in [0.3, 0.4) is 0 Å². The Kier molecular flexibility index (Phi) is 35.2. The van der Waals surface area contributed by atoms with Crippen LogP contribution in [0, 0.1) is 40.9 Å². The molecule has 7 aliphatic rings.